The van der Waals surface area contributed by atoms with Crippen LogP contribution in [-0.2, 0) is 15.1 Å². The van der Waals surface area contributed by atoms with E-state index in [1.165, 1.54) is 13.3 Å². The van der Waals surface area contributed by atoms with Crippen LogP contribution in [0.4, 0.5) is 5.82 Å². The molecule has 2 aromatic heterocycles. The van der Waals surface area contributed by atoms with Gasteiger partial charge >= 0.3 is 10.3 Å². The summed E-state index contributed by atoms with van der Waals surface area (Å²) in [4.78, 5) is 19.6. The number of carbonyl (C=O) groups is 1. The zero-order chi connectivity index (χ0) is 18.2. The SMILES string of the molecule is CC(=O)Nc1ncnc2c1ccn2[C@@H]1C[C@@H](CNS(=O)(=O)O)[C@@H](O)C1. The van der Waals surface area contributed by atoms with Crippen LogP contribution in [0.15, 0.2) is 18.6 Å². The van der Waals surface area contributed by atoms with Gasteiger partial charge in [-0.15, -0.1) is 0 Å². The van der Waals surface area contributed by atoms with E-state index in [1.807, 2.05) is 9.29 Å². The summed E-state index contributed by atoms with van der Waals surface area (Å²) in [5.74, 6) is -0.138. The van der Waals surface area contributed by atoms with Gasteiger partial charge in [0.15, 0.2) is 0 Å². The van der Waals surface area contributed by atoms with Gasteiger partial charge in [-0.1, -0.05) is 0 Å². The summed E-state index contributed by atoms with van der Waals surface area (Å²) in [5.41, 5.74) is 0.624. The second-order valence-corrected chi connectivity index (χ2v) is 7.38. The van der Waals surface area contributed by atoms with Crippen LogP contribution in [0.3, 0.4) is 0 Å². The molecule has 0 saturated heterocycles. The Hall–Kier alpha value is -2.08. The zero-order valence-corrected chi connectivity index (χ0v) is 14.3. The van der Waals surface area contributed by atoms with E-state index in [0.717, 1.165) is 0 Å². The number of carbonyl (C=O) groups excluding carboxylic acids is 1. The number of hydrogen-bond donors (Lipinski definition) is 4. The molecule has 136 valence electrons. The van der Waals surface area contributed by atoms with E-state index in [0.29, 0.717) is 29.7 Å². The largest absolute Gasteiger partial charge is 0.393 e. The molecule has 1 aliphatic carbocycles. The van der Waals surface area contributed by atoms with E-state index in [9.17, 15) is 18.3 Å². The minimum absolute atomic E-state index is 0.0399. The predicted molar refractivity (Wildman–Crippen MR) is 89.2 cm³/mol. The van der Waals surface area contributed by atoms with Crippen molar-refractivity contribution in [1.82, 2.24) is 19.3 Å². The Morgan fingerprint density at radius 3 is 2.84 bits per heavy atom. The van der Waals surface area contributed by atoms with Crippen LogP contribution in [0.1, 0.15) is 25.8 Å². The first-order valence-electron chi connectivity index (χ1n) is 7.74. The molecule has 2 heterocycles. The number of amides is 1. The average Bonchev–Trinajstić information content (AvgIpc) is 3.08. The third-order valence-corrected chi connectivity index (χ3v) is 4.89. The molecule has 0 aromatic carbocycles. The number of fused-ring (bicyclic) bond motifs is 1. The topological polar surface area (TPSA) is 146 Å². The monoisotopic (exact) mass is 369 g/mol. The van der Waals surface area contributed by atoms with Gasteiger partial charge in [-0.3, -0.25) is 9.35 Å². The van der Waals surface area contributed by atoms with Gasteiger partial charge in [0.1, 0.15) is 17.8 Å². The molecule has 1 aliphatic rings. The molecule has 25 heavy (non-hydrogen) atoms. The molecule has 0 aliphatic heterocycles. The smallest absolute Gasteiger partial charge is 0.333 e. The first-order chi connectivity index (χ1) is 11.7. The van der Waals surface area contributed by atoms with Crippen molar-refractivity contribution < 1.29 is 22.9 Å². The molecule has 3 atom stereocenters. The maximum absolute atomic E-state index is 11.3. The zero-order valence-electron chi connectivity index (χ0n) is 13.5. The molecule has 1 fully saturated rings. The van der Waals surface area contributed by atoms with Crippen molar-refractivity contribution in [3.63, 3.8) is 0 Å². The molecule has 0 radical (unpaired) electrons. The van der Waals surface area contributed by atoms with Crippen LogP contribution >= 0.6 is 0 Å². The lowest BCUT2D eigenvalue weighted by atomic mass is 10.1. The number of nitrogens with zero attached hydrogens (tertiary/aromatic N) is 3. The molecule has 3 rings (SSSR count). The van der Waals surface area contributed by atoms with Gasteiger partial charge in [0, 0.05) is 31.6 Å². The van der Waals surface area contributed by atoms with Gasteiger partial charge in [-0.2, -0.15) is 13.1 Å². The number of nitrogens with one attached hydrogen (secondary N) is 2. The highest BCUT2D eigenvalue weighted by atomic mass is 32.2. The molecule has 10 nitrogen and oxygen atoms in total. The minimum atomic E-state index is -4.29. The number of rotatable bonds is 5. The van der Waals surface area contributed by atoms with Crippen LogP contribution in [0.2, 0.25) is 0 Å². The Bertz CT molecular complexity index is 896. The molecule has 0 spiro atoms. The summed E-state index contributed by atoms with van der Waals surface area (Å²) in [5, 5.41) is 13.5. The lowest BCUT2D eigenvalue weighted by molar-refractivity contribution is -0.114. The van der Waals surface area contributed by atoms with Crippen LogP contribution in [0, 0.1) is 5.92 Å². The Morgan fingerprint density at radius 2 is 2.16 bits per heavy atom. The third-order valence-electron chi connectivity index (χ3n) is 4.36. The number of aliphatic hydroxyl groups excluding tert-OH is 1. The number of anilines is 1. The minimum Gasteiger partial charge on any atom is -0.393 e. The van der Waals surface area contributed by atoms with Crippen molar-refractivity contribution in [2.75, 3.05) is 11.9 Å². The van der Waals surface area contributed by atoms with E-state index in [-0.39, 0.29) is 24.4 Å². The van der Waals surface area contributed by atoms with Gasteiger partial charge in [-0.25, -0.2) is 9.97 Å². The Balaban J connectivity index is 1.82. The summed E-state index contributed by atoms with van der Waals surface area (Å²) < 4.78 is 34.3. The first kappa shape index (κ1) is 17.7. The molecule has 0 bridgehead atoms. The fraction of sp³-hybridized carbons (Fsp3) is 0.500. The fourth-order valence-corrected chi connectivity index (χ4v) is 3.69. The van der Waals surface area contributed by atoms with Gasteiger partial charge in [0.05, 0.1) is 11.5 Å². The molecular formula is C14H19N5O5S. The number of hydrogen-bond acceptors (Lipinski definition) is 6. The highest BCUT2D eigenvalue weighted by molar-refractivity contribution is 7.83. The molecule has 2 aromatic rings. The molecule has 1 saturated carbocycles. The van der Waals surface area contributed by atoms with Crippen LogP contribution in [0.25, 0.3) is 11.0 Å². The van der Waals surface area contributed by atoms with E-state index < -0.39 is 16.4 Å². The highest BCUT2D eigenvalue weighted by Gasteiger charge is 2.35. The van der Waals surface area contributed by atoms with Crippen LogP contribution < -0.4 is 10.0 Å². The number of aliphatic hydroxyl groups is 1. The summed E-state index contributed by atoms with van der Waals surface area (Å²) in [6.07, 6.45) is 3.41. The van der Waals surface area contributed by atoms with Gasteiger partial charge in [-0.05, 0) is 18.9 Å². The lowest BCUT2D eigenvalue weighted by Gasteiger charge is -2.14. The van der Waals surface area contributed by atoms with Gasteiger partial charge < -0.3 is 15.0 Å². The molecule has 0 unspecified atom stereocenters. The maximum Gasteiger partial charge on any atom is 0.333 e. The molecule has 1 amide bonds. The Kier molecular flexibility index (Phi) is 4.73. The van der Waals surface area contributed by atoms with Gasteiger partial charge in [0.25, 0.3) is 0 Å². The highest BCUT2D eigenvalue weighted by Crippen LogP contribution is 2.37. The Morgan fingerprint density at radius 1 is 1.40 bits per heavy atom. The van der Waals surface area contributed by atoms with E-state index >= 15 is 0 Å². The second kappa shape index (κ2) is 6.67. The standard InChI is InChI=1S/C14H19N5O5S/c1-8(20)18-13-11-2-3-19(14(11)16-7-15-13)10-4-9(12(21)5-10)6-17-25(22,23)24/h2-3,7,9-10,12,17,21H,4-6H2,1H3,(H,22,23,24)(H,15,16,18,20)/t9-,10+,12-/m0/s1. The lowest BCUT2D eigenvalue weighted by Crippen LogP contribution is -2.31. The molecule has 11 heteroatoms. The Labute approximate surface area is 144 Å². The van der Waals surface area contributed by atoms with Crippen LogP contribution in [-0.4, -0.2) is 51.2 Å². The van der Waals surface area contributed by atoms with Crippen molar-refractivity contribution in [1.29, 1.82) is 0 Å². The normalized spacial score (nSPS) is 23.9. The van der Waals surface area contributed by atoms with Crippen molar-refractivity contribution >= 4 is 33.1 Å². The van der Waals surface area contributed by atoms with E-state index in [2.05, 4.69) is 15.3 Å². The van der Waals surface area contributed by atoms with Crippen molar-refractivity contribution in [2.24, 2.45) is 5.92 Å². The van der Waals surface area contributed by atoms with Crippen LogP contribution in [0.5, 0.6) is 0 Å². The fourth-order valence-electron chi connectivity index (χ4n) is 3.26. The molecule has 4 N–H and O–H groups in total. The second-order valence-electron chi connectivity index (χ2n) is 6.14. The van der Waals surface area contributed by atoms with Crippen molar-refractivity contribution in [2.45, 2.75) is 31.9 Å². The summed E-state index contributed by atoms with van der Waals surface area (Å²) in [6.45, 7) is 1.35. The number of aromatic nitrogens is 3. The van der Waals surface area contributed by atoms with E-state index in [4.69, 9.17) is 4.55 Å². The predicted octanol–water partition coefficient (Wildman–Crippen LogP) is 0.0941. The van der Waals surface area contributed by atoms with Crippen molar-refractivity contribution in [3.8, 4) is 0 Å². The quantitative estimate of drug-likeness (QED) is 0.546. The summed E-state index contributed by atoms with van der Waals surface area (Å²) in [7, 11) is -4.29. The average molecular weight is 369 g/mol. The summed E-state index contributed by atoms with van der Waals surface area (Å²) >= 11 is 0. The first-order valence-corrected chi connectivity index (χ1v) is 9.18. The van der Waals surface area contributed by atoms with Crippen molar-refractivity contribution in [3.05, 3.63) is 18.6 Å². The third kappa shape index (κ3) is 3.95. The maximum atomic E-state index is 11.3. The van der Waals surface area contributed by atoms with E-state index in [1.54, 1.807) is 12.3 Å². The summed E-state index contributed by atoms with van der Waals surface area (Å²) in [6, 6.07) is 1.71. The molecular weight excluding hydrogens is 350 g/mol. The van der Waals surface area contributed by atoms with Gasteiger partial charge in [0.2, 0.25) is 5.91 Å².